The number of nitrogens with two attached hydrogens (primary N) is 1. The van der Waals surface area contributed by atoms with Crippen LogP contribution >= 0.6 is 11.8 Å². The van der Waals surface area contributed by atoms with Crippen LogP contribution in [0, 0.1) is 5.82 Å². The van der Waals surface area contributed by atoms with Gasteiger partial charge in [-0.25, -0.2) is 22.9 Å². The largest absolute Gasteiger partial charge is 0.325 e. The Morgan fingerprint density at radius 2 is 1.96 bits per heavy atom. The highest BCUT2D eigenvalue weighted by Crippen LogP contribution is 2.26. The van der Waals surface area contributed by atoms with Crippen molar-refractivity contribution in [3.63, 3.8) is 0 Å². The van der Waals surface area contributed by atoms with Gasteiger partial charge in [-0.3, -0.25) is 9.36 Å². The van der Waals surface area contributed by atoms with Crippen LogP contribution in [0.1, 0.15) is 6.92 Å². The number of nitrogens with zero attached hydrogens (tertiary/aromatic N) is 2. The molecule has 1 heterocycles. The summed E-state index contributed by atoms with van der Waals surface area (Å²) in [6, 6.07) is 11.6. The number of imidazole rings is 1. The normalized spacial score (nSPS) is 12.5. The van der Waals surface area contributed by atoms with Gasteiger partial charge in [0.15, 0.2) is 5.16 Å². The molecular weight excluding hydrogens is 403 g/mol. The van der Waals surface area contributed by atoms with Gasteiger partial charge in [0.25, 0.3) is 0 Å². The van der Waals surface area contributed by atoms with E-state index in [4.69, 9.17) is 5.14 Å². The first-order chi connectivity index (χ1) is 13.2. The maximum absolute atomic E-state index is 13.5. The molecule has 1 atom stereocenters. The van der Waals surface area contributed by atoms with Gasteiger partial charge in [-0.1, -0.05) is 17.8 Å². The van der Waals surface area contributed by atoms with Crippen LogP contribution in [0.4, 0.5) is 10.1 Å². The Kier molecular flexibility index (Phi) is 5.82. The molecule has 0 fully saturated rings. The number of aromatic nitrogens is 2. The number of amides is 1. The molecule has 0 unspecified atom stereocenters. The molecule has 0 aliphatic rings. The highest BCUT2D eigenvalue weighted by molar-refractivity contribution is 8.00. The number of halogens is 1. The lowest BCUT2D eigenvalue weighted by Gasteiger charge is -2.13. The second-order valence-corrected chi connectivity index (χ2v) is 8.75. The Balaban J connectivity index is 1.69. The zero-order valence-corrected chi connectivity index (χ0v) is 16.4. The van der Waals surface area contributed by atoms with Crippen LogP contribution in [-0.2, 0) is 14.8 Å². The van der Waals surface area contributed by atoms with Crippen molar-refractivity contribution in [2.45, 2.75) is 22.2 Å². The van der Waals surface area contributed by atoms with Gasteiger partial charge in [0.1, 0.15) is 5.82 Å². The number of benzene rings is 2. The summed E-state index contributed by atoms with van der Waals surface area (Å²) in [4.78, 5) is 16.6. The highest BCUT2D eigenvalue weighted by atomic mass is 32.2. The third-order valence-electron chi connectivity index (χ3n) is 3.79. The lowest BCUT2D eigenvalue weighted by atomic mass is 10.3. The lowest BCUT2D eigenvalue weighted by Crippen LogP contribution is -2.23. The van der Waals surface area contributed by atoms with Crippen molar-refractivity contribution >= 4 is 33.4 Å². The first-order valence-corrected chi connectivity index (χ1v) is 10.6. The van der Waals surface area contributed by atoms with Crippen LogP contribution < -0.4 is 10.5 Å². The summed E-state index contributed by atoms with van der Waals surface area (Å²) in [5, 5.41) is 7.79. The minimum Gasteiger partial charge on any atom is -0.325 e. The average molecular weight is 420 g/mol. The van der Waals surface area contributed by atoms with Gasteiger partial charge in [-0.15, -0.1) is 0 Å². The van der Waals surface area contributed by atoms with E-state index in [1.54, 1.807) is 36.0 Å². The molecule has 7 nitrogen and oxygen atoms in total. The molecular formula is C18H17FN4O3S2. The molecule has 2 aromatic carbocycles. The third kappa shape index (κ3) is 4.77. The fraction of sp³-hybridized carbons (Fsp3) is 0.111. The van der Waals surface area contributed by atoms with E-state index in [1.807, 2.05) is 0 Å². The van der Waals surface area contributed by atoms with Crippen molar-refractivity contribution in [2.75, 3.05) is 5.32 Å². The van der Waals surface area contributed by atoms with E-state index < -0.39 is 15.3 Å². The standard InChI is InChI=1S/C18H17FN4O3S2/c1-12(17(24)22-14-5-7-16(8-6-14)28(20,25)26)27-18-21-9-10-23(18)15-4-2-3-13(19)11-15/h2-12H,1H3,(H,22,24)(H2,20,25,26)/t12-/m0/s1. The molecule has 0 spiro atoms. The highest BCUT2D eigenvalue weighted by Gasteiger charge is 2.18. The van der Waals surface area contributed by atoms with E-state index in [0.717, 1.165) is 0 Å². The van der Waals surface area contributed by atoms with Gasteiger partial charge in [-0.2, -0.15) is 0 Å². The number of thioether (sulfide) groups is 1. The summed E-state index contributed by atoms with van der Waals surface area (Å²) >= 11 is 1.21. The Labute approximate surface area is 165 Å². The molecule has 0 aliphatic carbocycles. The molecule has 146 valence electrons. The van der Waals surface area contributed by atoms with E-state index in [1.165, 1.54) is 48.2 Å². The monoisotopic (exact) mass is 420 g/mol. The van der Waals surface area contributed by atoms with E-state index in [2.05, 4.69) is 10.3 Å². The topological polar surface area (TPSA) is 107 Å². The summed E-state index contributed by atoms with van der Waals surface area (Å²) in [6.07, 6.45) is 3.26. The van der Waals surface area contributed by atoms with Gasteiger partial charge < -0.3 is 5.32 Å². The lowest BCUT2D eigenvalue weighted by molar-refractivity contribution is -0.115. The van der Waals surface area contributed by atoms with E-state index in [9.17, 15) is 17.6 Å². The number of rotatable bonds is 6. The van der Waals surface area contributed by atoms with Gasteiger partial charge >= 0.3 is 0 Å². The minimum atomic E-state index is -3.79. The number of nitrogens with one attached hydrogen (secondary N) is 1. The second kappa shape index (κ2) is 8.13. The van der Waals surface area contributed by atoms with Gasteiger partial charge in [0, 0.05) is 18.1 Å². The fourth-order valence-corrected chi connectivity index (χ4v) is 3.78. The van der Waals surface area contributed by atoms with Crippen molar-refractivity contribution in [1.82, 2.24) is 9.55 Å². The molecule has 0 bridgehead atoms. The maximum Gasteiger partial charge on any atom is 0.238 e. The Morgan fingerprint density at radius 3 is 2.61 bits per heavy atom. The number of sulfonamides is 1. The van der Waals surface area contributed by atoms with Gasteiger partial charge in [0.2, 0.25) is 15.9 Å². The molecule has 3 rings (SSSR count). The number of carbonyl (C=O) groups excluding carboxylic acids is 1. The molecule has 28 heavy (non-hydrogen) atoms. The van der Waals surface area contributed by atoms with E-state index in [0.29, 0.717) is 16.5 Å². The van der Waals surface area contributed by atoms with Crippen molar-refractivity contribution in [2.24, 2.45) is 5.14 Å². The average Bonchev–Trinajstić information content (AvgIpc) is 3.09. The van der Waals surface area contributed by atoms with Crippen LogP contribution in [-0.4, -0.2) is 29.1 Å². The van der Waals surface area contributed by atoms with Crippen LogP contribution in [0.3, 0.4) is 0 Å². The van der Waals surface area contributed by atoms with Crippen molar-refractivity contribution < 1.29 is 17.6 Å². The summed E-state index contributed by atoms with van der Waals surface area (Å²) in [7, 11) is -3.79. The number of hydrogen-bond donors (Lipinski definition) is 2. The maximum atomic E-state index is 13.5. The minimum absolute atomic E-state index is 0.0370. The molecule has 0 saturated heterocycles. The Morgan fingerprint density at radius 1 is 1.25 bits per heavy atom. The van der Waals surface area contributed by atoms with Crippen LogP contribution in [0.25, 0.3) is 5.69 Å². The number of hydrogen-bond acceptors (Lipinski definition) is 5. The SMILES string of the molecule is C[C@H](Sc1nccn1-c1cccc(F)c1)C(=O)Nc1ccc(S(N)(=O)=O)cc1. The fourth-order valence-electron chi connectivity index (χ4n) is 2.38. The van der Waals surface area contributed by atoms with Crippen molar-refractivity contribution in [3.8, 4) is 5.69 Å². The number of primary sulfonamides is 1. The van der Waals surface area contributed by atoms with Crippen molar-refractivity contribution in [1.29, 1.82) is 0 Å². The molecule has 1 aromatic heterocycles. The molecule has 3 aromatic rings. The molecule has 1 amide bonds. The first-order valence-electron chi connectivity index (χ1n) is 8.14. The van der Waals surface area contributed by atoms with Gasteiger partial charge in [0.05, 0.1) is 15.8 Å². The predicted octanol–water partition coefficient (Wildman–Crippen LogP) is 2.78. The zero-order valence-electron chi connectivity index (χ0n) is 14.7. The molecule has 0 radical (unpaired) electrons. The molecule has 0 saturated carbocycles. The number of carbonyl (C=O) groups is 1. The van der Waals surface area contributed by atoms with Crippen LogP contribution in [0.5, 0.6) is 0 Å². The summed E-state index contributed by atoms with van der Waals surface area (Å²) < 4.78 is 37.7. The van der Waals surface area contributed by atoms with E-state index in [-0.39, 0.29) is 16.6 Å². The van der Waals surface area contributed by atoms with Crippen LogP contribution in [0.2, 0.25) is 0 Å². The van der Waals surface area contributed by atoms with E-state index >= 15 is 0 Å². The third-order valence-corrected chi connectivity index (χ3v) is 5.80. The smallest absolute Gasteiger partial charge is 0.238 e. The van der Waals surface area contributed by atoms with Gasteiger partial charge in [-0.05, 0) is 49.4 Å². The predicted molar refractivity (Wildman–Crippen MR) is 105 cm³/mol. The number of anilines is 1. The first kappa shape index (κ1) is 20.1. The van der Waals surface area contributed by atoms with Crippen LogP contribution in [0.15, 0.2) is 71.0 Å². The summed E-state index contributed by atoms with van der Waals surface area (Å²) in [5.41, 5.74) is 1.05. The second-order valence-electron chi connectivity index (χ2n) is 5.88. The molecule has 10 heteroatoms. The summed E-state index contributed by atoms with van der Waals surface area (Å²) in [5.74, 6) is -0.655. The Bertz CT molecular complexity index is 1100. The molecule has 3 N–H and O–H groups in total. The quantitative estimate of drug-likeness (QED) is 0.597. The zero-order chi connectivity index (χ0) is 20.3. The summed E-state index contributed by atoms with van der Waals surface area (Å²) in [6.45, 7) is 1.71. The Hall–Kier alpha value is -2.69. The van der Waals surface area contributed by atoms with Crippen molar-refractivity contribution in [3.05, 3.63) is 66.7 Å². The molecule has 0 aliphatic heterocycles.